The highest BCUT2D eigenvalue weighted by molar-refractivity contribution is 7.89. The number of ether oxygens (including phenoxy) is 2. The average molecular weight is 369 g/mol. The van der Waals surface area contributed by atoms with Gasteiger partial charge in [0.15, 0.2) is 11.5 Å². The first-order chi connectivity index (χ1) is 11.8. The SMILES string of the molecule is CCN1CCN(C(C)(C)CNS(=O)(=O)c2ccc3c(c2)OCO3)CC1. The van der Waals surface area contributed by atoms with Crippen LogP contribution in [0.15, 0.2) is 23.1 Å². The first kappa shape index (κ1) is 18.4. The highest BCUT2D eigenvalue weighted by Gasteiger charge is 2.31. The zero-order valence-electron chi connectivity index (χ0n) is 15.1. The van der Waals surface area contributed by atoms with Gasteiger partial charge >= 0.3 is 0 Å². The Kier molecular flexibility index (Phi) is 5.24. The third-order valence-corrected chi connectivity index (χ3v) is 6.42. The quantitative estimate of drug-likeness (QED) is 0.810. The molecule has 0 atom stereocenters. The fraction of sp³-hybridized carbons (Fsp3) is 0.647. The van der Waals surface area contributed by atoms with Gasteiger partial charge in [0, 0.05) is 44.3 Å². The second kappa shape index (κ2) is 7.11. The van der Waals surface area contributed by atoms with Crippen molar-refractivity contribution < 1.29 is 17.9 Å². The fourth-order valence-corrected chi connectivity index (χ4v) is 4.40. The summed E-state index contributed by atoms with van der Waals surface area (Å²) < 4.78 is 38.5. The Labute approximate surface area is 149 Å². The maximum atomic E-state index is 12.6. The third kappa shape index (κ3) is 4.08. The lowest BCUT2D eigenvalue weighted by Crippen LogP contribution is -2.58. The number of rotatable bonds is 6. The summed E-state index contributed by atoms with van der Waals surface area (Å²) in [5.41, 5.74) is -0.247. The predicted molar refractivity (Wildman–Crippen MR) is 95.5 cm³/mol. The molecule has 1 saturated heterocycles. The second-order valence-corrected chi connectivity index (χ2v) is 8.84. The summed E-state index contributed by atoms with van der Waals surface area (Å²) >= 11 is 0. The minimum Gasteiger partial charge on any atom is -0.454 e. The summed E-state index contributed by atoms with van der Waals surface area (Å²) in [5.74, 6) is 1.05. The Morgan fingerprint density at radius 3 is 2.48 bits per heavy atom. The highest BCUT2D eigenvalue weighted by atomic mass is 32.2. The van der Waals surface area contributed by atoms with E-state index in [0.29, 0.717) is 18.0 Å². The van der Waals surface area contributed by atoms with Crippen LogP contribution in [0.25, 0.3) is 0 Å². The predicted octanol–water partition coefficient (Wildman–Crippen LogP) is 1.11. The molecule has 0 amide bonds. The van der Waals surface area contributed by atoms with Crippen molar-refractivity contribution in [2.75, 3.05) is 46.1 Å². The molecule has 2 aliphatic rings. The summed E-state index contributed by atoms with van der Waals surface area (Å²) in [4.78, 5) is 4.95. The van der Waals surface area contributed by atoms with Gasteiger partial charge in [-0.15, -0.1) is 0 Å². The first-order valence-electron chi connectivity index (χ1n) is 8.68. The number of hydrogen-bond donors (Lipinski definition) is 1. The molecule has 1 fully saturated rings. The molecule has 1 N–H and O–H groups in total. The molecule has 0 radical (unpaired) electrons. The van der Waals surface area contributed by atoms with Gasteiger partial charge in [-0.2, -0.15) is 0 Å². The fourth-order valence-electron chi connectivity index (χ4n) is 3.18. The van der Waals surface area contributed by atoms with E-state index in [1.807, 2.05) is 0 Å². The number of likely N-dealkylation sites (N-methyl/N-ethyl adjacent to an activating group) is 1. The van der Waals surface area contributed by atoms with E-state index < -0.39 is 10.0 Å². The minimum absolute atomic E-state index is 0.128. The molecule has 1 aromatic rings. The number of hydrogen-bond acceptors (Lipinski definition) is 6. The molecule has 0 spiro atoms. The number of piperazine rings is 1. The van der Waals surface area contributed by atoms with Crippen molar-refractivity contribution >= 4 is 10.0 Å². The molecule has 7 nitrogen and oxygen atoms in total. The van der Waals surface area contributed by atoms with Gasteiger partial charge < -0.3 is 14.4 Å². The van der Waals surface area contributed by atoms with Crippen molar-refractivity contribution in [1.29, 1.82) is 0 Å². The van der Waals surface area contributed by atoms with Crippen molar-refractivity contribution in [3.8, 4) is 11.5 Å². The molecular weight excluding hydrogens is 342 g/mol. The lowest BCUT2D eigenvalue weighted by atomic mass is 10.0. The monoisotopic (exact) mass is 369 g/mol. The van der Waals surface area contributed by atoms with Crippen LogP contribution in [-0.2, 0) is 10.0 Å². The summed E-state index contributed by atoms with van der Waals surface area (Å²) in [7, 11) is -3.59. The molecule has 3 rings (SSSR count). The van der Waals surface area contributed by atoms with Crippen LogP contribution in [-0.4, -0.2) is 69.8 Å². The molecule has 25 heavy (non-hydrogen) atoms. The van der Waals surface area contributed by atoms with E-state index in [2.05, 4.69) is 35.3 Å². The second-order valence-electron chi connectivity index (χ2n) is 7.07. The lowest BCUT2D eigenvalue weighted by molar-refractivity contribution is 0.0571. The van der Waals surface area contributed by atoms with Crippen molar-refractivity contribution in [3.05, 3.63) is 18.2 Å². The van der Waals surface area contributed by atoms with Crippen molar-refractivity contribution in [2.45, 2.75) is 31.2 Å². The Morgan fingerprint density at radius 2 is 1.80 bits per heavy atom. The molecule has 8 heteroatoms. The van der Waals surface area contributed by atoms with Gasteiger partial charge in [0.1, 0.15) is 0 Å². The molecule has 2 aliphatic heterocycles. The van der Waals surface area contributed by atoms with Crippen LogP contribution >= 0.6 is 0 Å². The van der Waals surface area contributed by atoms with E-state index in [1.54, 1.807) is 12.1 Å². The van der Waals surface area contributed by atoms with E-state index >= 15 is 0 Å². The van der Waals surface area contributed by atoms with Crippen LogP contribution in [0, 0.1) is 0 Å². The Balaban J connectivity index is 1.63. The van der Waals surface area contributed by atoms with Gasteiger partial charge in [0.05, 0.1) is 4.90 Å². The molecule has 1 aromatic carbocycles. The normalized spacial score (nSPS) is 19.3. The summed E-state index contributed by atoms with van der Waals surface area (Å²) in [6, 6.07) is 4.69. The number of benzene rings is 1. The van der Waals surface area contributed by atoms with E-state index in [-0.39, 0.29) is 17.2 Å². The number of fused-ring (bicyclic) bond motifs is 1. The van der Waals surface area contributed by atoms with Gasteiger partial charge in [-0.3, -0.25) is 4.90 Å². The minimum atomic E-state index is -3.59. The van der Waals surface area contributed by atoms with Crippen LogP contribution in [0.2, 0.25) is 0 Å². The van der Waals surface area contributed by atoms with Crippen LogP contribution in [0.5, 0.6) is 11.5 Å². The summed E-state index contributed by atoms with van der Waals surface area (Å²) in [6.45, 7) is 11.8. The Hall–Kier alpha value is -1.35. The number of nitrogens with zero attached hydrogens (tertiary/aromatic N) is 2. The van der Waals surface area contributed by atoms with Crippen LogP contribution in [0.3, 0.4) is 0 Å². The number of sulfonamides is 1. The summed E-state index contributed by atoms with van der Waals surface area (Å²) in [5, 5.41) is 0. The molecule has 140 valence electrons. The van der Waals surface area contributed by atoms with Crippen molar-refractivity contribution in [1.82, 2.24) is 14.5 Å². The van der Waals surface area contributed by atoms with Gasteiger partial charge in [-0.1, -0.05) is 6.92 Å². The van der Waals surface area contributed by atoms with Crippen LogP contribution in [0.4, 0.5) is 0 Å². The molecule has 0 unspecified atom stereocenters. The zero-order valence-corrected chi connectivity index (χ0v) is 15.9. The summed E-state index contributed by atoms with van der Waals surface area (Å²) in [6.07, 6.45) is 0. The zero-order chi connectivity index (χ0) is 18.1. The molecule has 0 aromatic heterocycles. The average Bonchev–Trinajstić information content (AvgIpc) is 3.08. The first-order valence-corrected chi connectivity index (χ1v) is 10.2. The topological polar surface area (TPSA) is 71.1 Å². The van der Waals surface area contributed by atoms with Gasteiger partial charge in [-0.05, 0) is 32.5 Å². The van der Waals surface area contributed by atoms with Gasteiger partial charge in [0.2, 0.25) is 16.8 Å². The van der Waals surface area contributed by atoms with Crippen LogP contribution < -0.4 is 14.2 Å². The molecule has 0 bridgehead atoms. The van der Waals surface area contributed by atoms with Gasteiger partial charge in [0.25, 0.3) is 0 Å². The van der Waals surface area contributed by atoms with Gasteiger partial charge in [-0.25, -0.2) is 13.1 Å². The van der Waals surface area contributed by atoms with Crippen molar-refractivity contribution in [2.24, 2.45) is 0 Å². The van der Waals surface area contributed by atoms with E-state index in [9.17, 15) is 8.42 Å². The molecule has 2 heterocycles. The molecule has 0 saturated carbocycles. The largest absolute Gasteiger partial charge is 0.454 e. The van der Waals surface area contributed by atoms with E-state index in [0.717, 1.165) is 32.7 Å². The smallest absolute Gasteiger partial charge is 0.240 e. The van der Waals surface area contributed by atoms with Crippen LogP contribution in [0.1, 0.15) is 20.8 Å². The van der Waals surface area contributed by atoms with E-state index in [4.69, 9.17) is 9.47 Å². The maximum absolute atomic E-state index is 12.6. The van der Waals surface area contributed by atoms with Crippen molar-refractivity contribution in [3.63, 3.8) is 0 Å². The lowest BCUT2D eigenvalue weighted by Gasteiger charge is -2.44. The maximum Gasteiger partial charge on any atom is 0.240 e. The standard InChI is InChI=1S/C17H27N3O4S/c1-4-19-7-9-20(10-8-19)17(2,3)12-18-25(21,22)14-5-6-15-16(11-14)24-13-23-15/h5-6,11,18H,4,7-10,12-13H2,1-3H3. The Morgan fingerprint density at radius 1 is 1.12 bits per heavy atom. The Bertz CT molecular complexity index is 713. The highest BCUT2D eigenvalue weighted by Crippen LogP contribution is 2.33. The molecule has 0 aliphatic carbocycles. The third-order valence-electron chi connectivity index (χ3n) is 5.02. The number of nitrogens with one attached hydrogen (secondary N) is 1. The van der Waals surface area contributed by atoms with E-state index in [1.165, 1.54) is 6.07 Å². The molecular formula is C17H27N3O4S.